The molecule has 1 amide bonds. The van der Waals surface area contributed by atoms with Crippen LogP contribution in [0, 0.1) is 0 Å². The van der Waals surface area contributed by atoms with Crippen molar-refractivity contribution in [3.05, 3.63) is 47.4 Å². The van der Waals surface area contributed by atoms with Crippen LogP contribution in [0.3, 0.4) is 0 Å². The highest BCUT2D eigenvalue weighted by atomic mass is 35.5. The Morgan fingerprint density at radius 2 is 1.88 bits per heavy atom. The minimum atomic E-state index is -0.558. The van der Waals surface area contributed by atoms with Crippen molar-refractivity contribution in [2.24, 2.45) is 5.73 Å². The molecule has 132 valence electrons. The predicted octanol–water partition coefficient (Wildman–Crippen LogP) is 0.931. The van der Waals surface area contributed by atoms with E-state index in [4.69, 9.17) is 23.1 Å². The second-order valence-corrected chi connectivity index (χ2v) is 6.49. The van der Waals surface area contributed by atoms with Crippen LogP contribution < -0.4 is 16.4 Å². The van der Waals surface area contributed by atoms with Crippen LogP contribution >= 0.6 is 11.6 Å². The third-order valence-corrected chi connectivity index (χ3v) is 4.55. The molecule has 1 aliphatic rings. The van der Waals surface area contributed by atoms with Crippen molar-refractivity contribution in [1.29, 1.82) is 0 Å². The lowest BCUT2D eigenvalue weighted by Crippen LogP contribution is -2.54. The van der Waals surface area contributed by atoms with Gasteiger partial charge in [0.2, 0.25) is 5.91 Å². The number of piperazine rings is 1. The third kappa shape index (κ3) is 4.18. The number of anilines is 2. The highest BCUT2D eigenvalue weighted by molar-refractivity contribution is 6.30. The number of nitrogens with two attached hydrogens (primary N) is 2. The number of halogens is 1. The fourth-order valence-corrected chi connectivity index (χ4v) is 3.06. The van der Waals surface area contributed by atoms with Crippen molar-refractivity contribution < 1.29 is 4.79 Å². The van der Waals surface area contributed by atoms with Gasteiger partial charge in [0, 0.05) is 31.2 Å². The second-order valence-electron chi connectivity index (χ2n) is 6.05. The summed E-state index contributed by atoms with van der Waals surface area (Å²) in [6.07, 6.45) is 3.56. The summed E-state index contributed by atoms with van der Waals surface area (Å²) in [4.78, 5) is 24.6. The number of aromatic nitrogens is 2. The molecule has 4 N–H and O–H groups in total. The minimum Gasteiger partial charge on any atom is -0.394 e. The van der Waals surface area contributed by atoms with Crippen LogP contribution in [0.2, 0.25) is 5.02 Å². The summed E-state index contributed by atoms with van der Waals surface area (Å²) in [6, 6.07) is 6.84. The molecule has 0 saturated carbocycles. The molecule has 2 heterocycles. The van der Waals surface area contributed by atoms with Gasteiger partial charge in [0.1, 0.15) is 6.33 Å². The van der Waals surface area contributed by atoms with Crippen LogP contribution in [0.4, 0.5) is 11.5 Å². The molecular weight excluding hydrogens is 340 g/mol. The summed E-state index contributed by atoms with van der Waals surface area (Å²) in [5.41, 5.74) is 13.6. The van der Waals surface area contributed by atoms with Crippen molar-refractivity contribution in [3.63, 3.8) is 0 Å². The SMILES string of the molecule is Nc1cncnc1N1CCN(C(=O)[C@H](N)Cc2ccc(Cl)cc2)CC1. The fraction of sp³-hybridized carbons (Fsp3) is 0.353. The molecule has 8 heteroatoms. The highest BCUT2D eigenvalue weighted by Crippen LogP contribution is 2.20. The Kier molecular flexibility index (Phi) is 5.35. The van der Waals surface area contributed by atoms with E-state index >= 15 is 0 Å². The van der Waals surface area contributed by atoms with E-state index in [2.05, 4.69) is 14.9 Å². The maximum atomic E-state index is 12.6. The van der Waals surface area contributed by atoms with Crippen LogP contribution in [0.1, 0.15) is 5.56 Å². The normalized spacial score (nSPS) is 15.9. The van der Waals surface area contributed by atoms with E-state index in [0.717, 1.165) is 5.56 Å². The van der Waals surface area contributed by atoms with Crippen molar-refractivity contribution >= 4 is 29.0 Å². The van der Waals surface area contributed by atoms with Gasteiger partial charge in [-0.1, -0.05) is 23.7 Å². The number of benzene rings is 1. The lowest BCUT2D eigenvalue weighted by Gasteiger charge is -2.36. The number of hydrogen-bond acceptors (Lipinski definition) is 6. The van der Waals surface area contributed by atoms with Crippen molar-refractivity contribution in [3.8, 4) is 0 Å². The molecule has 1 fully saturated rings. The lowest BCUT2D eigenvalue weighted by atomic mass is 10.1. The van der Waals surface area contributed by atoms with Crippen LogP contribution in [0.15, 0.2) is 36.8 Å². The molecule has 0 unspecified atom stereocenters. The average molecular weight is 361 g/mol. The van der Waals surface area contributed by atoms with Gasteiger partial charge < -0.3 is 21.3 Å². The van der Waals surface area contributed by atoms with Gasteiger partial charge in [-0.2, -0.15) is 0 Å². The van der Waals surface area contributed by atoms with E-state index in [-0.39, 0.29) is 5.91 Å². The number of nitrogens with zero attached hydrogens (tertiary/aromatic N) is 4. The van der Waals surface area contributed by atoms with Gasteiger partial charge >= 0.3 is 0 Å². The molecule has 1 saturated heterocycles. The average Bonchev–Trinajstić information content (AvgIpc) is 2.63. The number of nitrogen functional groups attached to an aromatic ring is 1. The van der Waals surface area contributed by atoms with E-state index in [9.17, 15) is 4.79 Å². The van der Waals surface area contributed by atoms with Gasteiger partial charge in [-0.05, 0) is 24.1 Å². The summed E-state index contributed by atoms with van der Waals surface area (Å²) in [5.74, 6) is 0.679. The van der Waals surface area contributed by atoms with E-state index in [1.807, 2.05) is 12.1 Å². The second kappa shape index (κ2) is 7.67. The van der Waals surface area contributed by atoms with Crippen LogP contribution in [0.5, 0.6) is 0 Å². The van der Waals surface area contributed by atoms with Crippen LogP contribution in [-0.2, 0) is 11.2 Å². The summed E-state index contributed by atoms with van der Waals surface area (Å²) in [5, 5.41) is 0.670. The molecule has 7 nitrogen and oxygen atoms in total. The van der Waals surface area contributed by atoms with Crippen molar-refractivity contribution in [2.45, 2.75) is 12.5 Å². The molecular formula is C17H21ClN6O. The Bertz CT molecular complexity index is 730. The minimum absolute atomic E-state index is 0.0368. The summed E-state index contributed by atoms with van der Waals surface area (Å²) in [6.45, 7) is 2.52. The number of carbonyl (C=O) groups is 1. The summed E-state index contributed by atoms with van der Waals surface area (Å²) >= 11 is 5.88. The van der Waals surface area contributed by atoms with Gasteiger partial charge in [-0.15, -0.1) is 0 Å². The van der Waals surface area contributed by atoms with Crippen LogP contribution in [-0.4, -0.2) is 53.0 Å². The zero-order chi connectivity index (χ0) is 17.8. The molecule has 2 aromatic rings. The molecule has 1 aromatic heterocycles. The standard InChI is InChI=1S/C17H21ClN6O/c18-13-3-1-12(2-4-13)9-14(19)17(25)24-7-5-23(6-8-24)16-15(20)10-21-11-22-16/h1-4,10-11,14H,5-9,19-20H2/t14-/m1/s1. The Morgan fingerprint density at radius 3 is 2.52 bits per heavy atom. The first kappa shape index (κ1) is 17.4. The van der Waals surface area contributed by atoms with Crippen molar-refractivity contribution in [1.82, 2.24) is 14.9 Å². The third-order valence-electron chi connectivity index (χ3n) is 4.30. The van der Waals surface area contributed by atoms with E-state index in [1.165, 1.54) is 6.33 Å². The Labute approximate surface area is 151 Å². The molecule has 3 rings (SSSR count). The molecule has 25 heavy (non-hydrogen) atoms. The van der Waals surface area contributed by atoms with E-state index in [1.54, 1.807) is 23.2 Å². The Morgan fingerprint density at radius 1 is 1.20 bits per heavy atom. The molecule has 0 radical (unpaired) electrons. The molecule has 0 spiro atoms. The van der Waals surface area contributed by atoms with Gasteiger partial charge in [-0.3, -0.25) is 4.79 Å². The first-order valence-electron chi connectivity index (χ1n) is 8.14. The molecule has 1 atom stereocenters. The van der Waals surface area contributed by atoms with Crippen molar-refractivity contribution in [2.75, 3.05) is 36.8 Å². The zero-order valence-corrected chi connectivity index (χ0v) is 14.6. The van der Waals surface area contributed by atoms with Gasteiger partial charge in [-0.25, -0.2) is 9.97 Å². The Balaban J connectivity index is 1.56. The number of hydrogen-bond donors (Lipinski definition) is 2. The van der Waals surface area contributed by atoms with Gasteiger partial charge in [0.05, 0.1) is 17.9 Å². The topological polar surface area (TPSA) is 101 Å². The summed E-state index contributed by atoms with van der Waals surface area (Å²) < 4.78 is 0. The fourth-order valence-electron chi connectivity index (χ4n) is 2.93. The number of amides is 1. The van der Waals surface area contributed by atoms with Gasteiger partial charge in [0.25, 0.3) is 0 Å². The quantitative estimate of drug-likeness (QED) is 0.841. The first-order valence-corrected chi connectivity index (χ1v) is 8.51. The van der Waals surface area contributed by atoms with Crippen LogP contribution in [0.25, 0.3) is 0 Å². The van der Waals surface area contributed by atoms with E-state index < -0.39 is 6.04 Å². The predicted molar refractivity (Wildman–Crippen MR) is 98.4 cm³/mol. The zero-order valence-electron chi connectivity index (χ0n) is 13.8. The maximum Gasteiger partial charge on any atom is 0.239 e. The first-order chi connectivity index (χ1) is 12.0. The molecule has 0 aliphatic carbocycles. The summed E-state index contributed by atoms with van der Waals surface area (Å²) in [7, 11) is 0. The molecule has 0 bridgehead atoms. The number of rotatable bonds is 4. The monoisotopic (exact) mass is 360 g/mol. The molecule has 1 aliphatic heterocycles. The largest absolute Gasteiger partial charge is 0.394 e. The van der Waals surface area contributed by atoms with Gasteiger partial charge in [0.15, 0.2) is 5.82 Å². The van der Waals surface area contributed by atoms with E-state index in [0.29, 0.717) is 49.1 Å². The highest BCUT2D eigenvalue weighted by Gasteiger charge is 2.26. The number of carbonyl (C=O) groups excluding carboxylic acids is 1. The maximum absolute atomic E-state index is 12.6. The smallest absolute Gasteiger partial charge is 0.239 e. The Hall–Kier alpha value is -2.38. The molecule has 1 aromatic carbocycles. The lowest BCUT2D eigenvalue weighted by molar-refractivity contribution is -0.132.